The van der Waals surface area contributed by atoms with Gasteiger partial charge < -0.3 is 4.74 Å². The smallest absolute Gasteiger partial charge is 0.175 e. The van der Waals surface area contributed by atoms with Crippen molar-refractivity contribution in [2.24, 2.45) is 0 Å². The van der Waals surface area contributed by atoms with Gasteiger partial charge in [0.1, 0.15) is 5.75 Å². The van der Waals surface area contributed by atoms with Gasteiger partial charge in [-0.2, -0.15) is 5.10 Å². The van der Waals surface area contributed by atoms with Gasteiger partial charge in [0.05, 0.1) is 17.2 Å². The van der Waals surface area contributed by atoms with Crippen LogP contribution in [0.25, 0.3) is 11.3 Å². The number of hydrogen-bond acceptors (Lipinski definition) is 4. The number of aryl methyl sites for hydroxylation is 1. The van der Waals surface area contributed by atoms with Gasteiger partial charge in [0.2, 0.25) is 0 Å². The number of aromatic nitrogens is 2. The summed E-state index contributed by atoms with van der Waals surface area (Å²) in [7, 11) is -3.17. The summed E-state index contributed by atoms with van der Waals surface area (Å²) < 4.78 is 30.4. The molecule has 0 atom stereocenters. The normalized spacial score (nSPS) is 11.4. The third kappa shape index (κ3) is 4.70. The third-order valence-corrected chi connectivity index (χ3v) is 4.89. The molecule has 0 fully saturated rings. The first-order chi connectivity index (χ1) is 12.0. The van der Waals surface area contributed by atoms with Gasteiger partial charge >= 0.3 is 0 Å². The van der Waals surface area contributed by atoms with E-state index in [0.717, 1.165) is 24.2 Å². The van der Waals surface area contributed by atoms with Crippen LogP contribution in [-0.4, -0.2) is 31.1 Å². The van der Waals surface area contributed by atoms with Gasteiger partial charge in [-0.1, -0.05) is 30.3 Å². The summed E-state index contributed by atoms with van der Waals surface area (Å²) in [5.74, 6) is 0.665. The highest BCUT2D eigenvalue weighted by atomic mass is 32.2. The van der Waals surface area contributed by atoms with Crippen molar-refractivity contribution in [3.63, 3.8) is 0 Å². The number of ether oxygens (including phenoxy) is 1. The summed E-state index contributed by atoms with van der Waals surface area (Å²) in [5.41, 5.74) is 2.06. The van der Waals surface area contributed by atoms with Crippen molar-refractivity contribution in [1.29, 1.82) is 0 Å². The minimum atomic E-state index is -3.17. The van der Waals surface area contributed by atoms with Crippen molar-refractivity contribution in [3.8, 4) is 17.0 Å². The van der Waals surface area contributed by atoms with E-state index in [1.807, 2.05) is 47.3 Å². The summed E-state index contributed by atoms with van der Waals surface area (Å²) in [4.78, 5) is 0.296. The molecule has 0 saturated carbocycles. The Balaban J connectivity index is 1.48. The number of hydrogen-bond donors (Lipinski definition) is 0. The van der Waals surface area contributed by atoms with E-state index in [2.05, 4.69) is 5.10 Å². The van der Waals surface area contributed by atoms with E-state index in [1.54, 1.807) is 24.3 Å². The molecule has 0 N–H and O–H groups in total. The molecule has 1 heterocycles. The molecule has 0 radical (unpaired) electrons. The van der Waals surface area contributed by atoms with Crippen LogP contribution < -0.4 is 4.74 Å². The predicted octanol–water partition coefficient (Wildman–Crippen LogP) is 3.42. The molecule has 1 aromatic heterocycles. The van der Waals surface area contributed by atoms with E-state index < -0.39 is 9.84 Å². The van der Waals surface area contributed by atoms with Crippen molar-refractivity contribution in [3.05, 3.63) is 66.9 Å². The Kier molecular flexibility index (Phi) is 5.19. The first kappa shape index (κ1) is 17.2. The molecule has 6 heteroatoms. The molecule has 3 aromatic rings. The standard InChI is InChI=1S/C19H20N2O3S/c1-25(22,23)18-10-8-17(9-11-18)24-15-5-13-21-14-12-19(20-21)16-6-3-2-4-7-16/h2-4,6-12,14H,5,13,15H2,1H3. The fraction of sp³-hybridized carbons (Fsp3) is 0.211. The highest BCUT2D eigenvalue weighted by Crippen LogP contribution is 2.17. The molecular weight excluding hydrogens is 336 g/mol. The van der Waals surface area contributed by atoms with Crippen LogP contribution in [0.15, 0.2) is 71.8 Å². The molecule has 0 spiro atoms. The van der Waals surface area contributed by atoms with E-state index in [4.69, 9.17) is 4.74 Å². The second-order valence-electron chi connectivity index (χ2n) is 5.78. The molecule has 0 aliphatic rings. The summed E-state index contributed by atoms with van der Waals surface area (Å²) in [6, 6.07) is 18.5. The lowest BCUT2D eigenvalue weighted by Crippen LogP contribution is -2.05. The zero-order valence-electron chi connectivity index (χ0n) is 14.0. The van der Waals surface area contributed by atoms with Crippen molar-refractivity contribution in [2.45, 2.75) is 17.9 Å². The van der Waals surface area contributed by atoms with Gasteiger partial charge in [-0.05, 0) is 30.3 Å². The van der Waals surface area contributed by atoms with Crippen LogP contribution in [0.2, 0.25) is 0 Å². The lowest BCUT2D eigenvalue weighted by Gasteiger charge is -2.07. The molecule has 0 aliphatic heterocycles. The van der Waals surface area contributed by atoms with Gasteiger partial charge in [0.15, 0.2) is 9.84 Å². The van der Waals surface area contributed by atoms with Gasteiger partial charge in [0.25, 0.3) is 0 Å². The summed E-state index contributed by atoms with van der Waals surface area (Å²) in [6.45, 7) is 1.30. The highest BCUT2D eigenvalue weighted by Gasteiger charge is 2.06. The first-order valence-corrected chi connectivity index (χ1v) is 9.93. The maximum absolute atomic E-state index is 11.4. The molecule has 5 nitrogen and oxygen atoms in total. The lowest BCUT2D eigenvalue weighted by atomic mass is 10.2. The summed E-state index contributed by atoms with van der Waals surface area (Å²) in [5, 5.41) is 4.56. The molecule has 0 unspecified atom stereocenters. The topological polar surface area (TPSA) is 61.2 Å². The lowest BCUT2D eigenvalue weighted by molar-refractivity contribution is 0.298. The largest absolute Gasteiger partial charge is 0.494 e. The fourth-order valence-corrected chi connectivity index (χ4v) is 3.08. The van der Waals surface area contributed by atoms with Crippen molar-refractivity contribution in [2.75, 3.05) is 12.9 Å². The van der Waals surface area contributed by atoms with Crippen LogP contribution in [0.1, 0.15) is 6.42 Å². The molecule has 3 rings (SSSR count). The molecule has 25 heavy (non-hydrogen) atoms. The Morgan fingerprint density at radius 1 is 1.00 bits per heavy atom. The third-order valence-electron chi connectivity index (χ3n) is 3.76. The minimum Gasteiger partial charge on any atom is -0.494 e. The molecule has 0 aliphatic carbocycles. The zero-order valence-corrected chi connectivity index (χ0v) is 14.8. The van der Waals surface area contributed by atoms with Gasteiger partial charge in [-0.3, -0.25) is 4.68 Å². The van der Waals surface area contributed by atoms with Crippen LogP contribution >= 0.6 is 0 Å². The van der Waals surface area contributed by atoms with Gasteiger partial charge in [-0.25, -0.2) is 8.42 Å². The Labute approximate surface area is 147 Å². The van der Waals surface area contributed by atoms with Crippen LogP contribution in [0.4, 0.5) is 0 Å². The van der Waals surface area contributed by atoms with Gasteiger partial charge in [0, 0.05) is 31.0 Å². The average Bonchev–Trinajstić information content (AvgIpc) is 3.08. The van der Waals surface area contributed by atoms with E-state index in [1.165, 1.54) is 6.26 Å². The molecule has 0 saturated heterocycles. The van der Waals surface area contributed by atoms with Crippen molar-refractivity contribution < 1.29 is 13.2 Å². The number of nitrogens with zero attached hydrogens (tertiary/aromatic N) is 2. The van der Waals surface area contributed by atoms with E-state index in [9.17, 15) is 8.42 Å². The first-order valence-electron chi connectivity index (χ1n) is 8.04. The van der Waals surface area contributed by atoms with E-state index in [0.29, 0.717) is 17.3 Å². The zero-order chi connectivity index (χ0) is 17.7. The van der Waals surface area contributed by atoms with Crippen LogP contribution in [0, 0.1) is 0 Å². The van der Waals surface area contributed by atoms with Gasteiger partial charge in [-0.15, -0.1) is 0 Å². The Morgan fingerprint density at radius 2 is 1.72 bits per heavy atom. The molecule has 0 bridgehead atoms. The maximum Gasteiger partial charge on any atom is 0.175 e. The van der Waals surface area contributed by atoms with E-state index >= 15 is 0 Å². The Morgan fingerprint density at radius 3 is 2.40 bits per heavy atom. The average molecular weight is 356 g/mol. The monoisotopic (exact) mass is 356 g/mol. The van der Waals surface area contributed by atoms with Crippen molar-refractivity contribution >= 4 is 9.84 Å². The fourth-order valence-electron chi connectivity index (χ4n) is 2.45. The number of rotatable bonds is 7. The Bertz CT molecular complexity index is 917. The molecular formula is C19H20N2O3S. The molecule has 2 aromatic carbocycles. The number of benzene rings is 2. The van der Waals surface area contributed by atoms with Crippen LogP contribution in [0.3, 0.4) is 0 Å². The van der Waals surface area contributed by atoms with Crippen LogP contribution in [-0.2, 0) is 16.4 Å². The summed E-state index contributed by atoms with van der Waals surface area (Å²) in [6.07, 6.45) is 3.96. The second kappa shape index (κ2) is 7.53. The molecule has 0 amide bonds. The second-order valence-corrected chi connectivity index (χ2v) is 7.79. The van der Waals surface area contributed by atoms with E-state index in [-0.39, 0.29) is 0 Å². The molecule has 130 valence electrons. The van der Waals surface area contributed by atoms with Crippen LogP contribution in [0.5, 0.6) is 5.75 Å². The predicted molar refractivity (Wildman–Crippen MR) is 97.3 cm³/mol. The summed E-state index contributed by atoms with van der Waals surface area (Å²) >= 11 is 0. The SMILES string of the molecule is CS(=O)(=O)c1ccc(OCCCn2ccc(-c3ccccc3)n2)cc1. The highest BCUT2D eigenvalue weighted by molar-refractivity contribution is 7.90. The minimum absolute atomic E-state index is 0.296. The maximum atomic E-state index is 11.4. The Hall–Kier alpha value is -2.60. The van der Waals surface area contributed by atoms with Crippen molar-refractivity contribution in [1.82, 2.24) is 9.78 Å². The quantitative estimate of drug-likeness (QED) is 0.609. The number of sulfone groups is 1.